The molecule has 1 heterocycles. The van der Waals surface area contributed by atoms with Crippen molar-refractivity contribution in [2.75, 3.05) is 27.4 Å². The minimum absolute atomic E-state index is 0.0276. The number of ether oxygens (including phenoxy) is 3. The molecule has 1 aromatic carbocycles. The van der Waals surface area contributed by atoms with Gasteiger partial charge in [0.15, 0.2) is 28.9 Å². The highest BCUT2D eigenvalue weighted by Gasteiger charge is 2.31. The third-order valence-corrected chi connectivity index (χ3v) is 5.16. The number of rotatable bonds is 9. The number of aromatic nitrogens is 2. The first-order chi connectivity index (χ1) is 16.2. The number of hydrogen-bond donors (Lipinski definition) is 1. The van der Waals surface area contributed by atoms with Crippen LogP contribution in [0.3, 0.4) is 0 Å². The van der Waals surface area contributed by atoms with Crippen molar-refractivity contribution in [2.45, 2.75) is 32.7 Å². The molecule has 0 aliphatic heterocycles. The van der Waals surface area contributed by atoms with Crippen molar-refractivity contribution < 1.29 is 33.7 Å². The van der Waals surface area contributed by atoms with E-state index in [4.69, 9.17) is 14.2 Å². The fourth-order valence-electron chi connectivity index (χ4n) is 3.36. The van der Waals surface area contributed by atoms with Gasteiger partial charge in [-0.2, -0.15) is 0 Å². The number of fused-ring (bicyclic) bond motifs is 1. The van der Waals surface area contributed by atoms with Crippen molar-refractivity contribution in [1.82, 2.24) is 9.97 Å². The van der Waals surface area contributed by atoms with Crippen LogP contribution in [0.25, 0.3) is 10.9 Å². The van der Waals surface area contributed by atoms with E-state index < -0.39 is 23.6 Å². The van der Waals surface area contributed by atoms with Gasteiger partial charge in [0, 0.05) is 18.6 Å². The van der Waals surface area contributed by atoms with Crippen LogP contribution < -0.4 is 9.47 Å². The minimum Gasteiger partial charge on any atom is -0.493 e. The molecule has 2 aromatic rings. The molecule has 1 aliphatic rings. The van der Waals surface area contributed by atoms with E-state index in [2.05, 4.69) is 20.0 Å². The van der Waals surface area contributed by atoms with Crippen LogP contribution >= 0.6 is 0 Å². The van der Waals surface area contributed by atoms with Crippen LogP contribution in [0.2, 0.25) is 0 Å². The van der Waals surface area contributed by atoms with Crippen molar-refractivity contribution >= 4 is 45.7 Å². The Labute approximate surface area is 195 Å². The molecule has 0 amide bonds. The van der Waals surface area contributed by atoms with Gasteiger partial charge in [-0.15, -0.1) is 0 Å². The molecular weight excluding hydrogens is 444 g/mol. The molecule has 11 nitrogen and oxygen atoms in total. The van der Waals surface area contributed by atoms with E-state index in [1.807, 2.05) is 0 Å². The fraction of sp³-hybridized carbons (Fsp3) is 0.435. The molecule has 1 aromatic heterocycles. The lowest BCUT2D eigenvalue weighted by atomic mass is 9.93. The lowest BCUT2D eigenvalue weighted by molar-refractivity contribution is -0.139. The summed E-state index contributed by atoms with van der Waals surface area (Å²) in [5.41, 5.74) is 0.498. The number of methoxy groups -OCH3 is 2. The number of hydrogen-bond acceptors (Lipinski definition) is 10. The largest absolute Gasteiger partial charge is 0.493 e. The van der Waals surface area contributed by atoms with Gasteiger partial charge in [0.2, 0.25) is 0 Å². The van der Waals surface area contributed by atoms with Gasteiger partial charge < -0.3 is 19.3 Å². The standard InChI is InChI=1S/C23H26N4O7/c1-12(2)21(23(30)31)26-15-8-18(29)16(9-17(15)28)27-22-13-7-19(33-4)20(34-6-5-32-3)10-14(13)24-11-25-22/h7,10-12,21H,5-6,8-9H2,1-4H3,(H,30,31)/t21-/m0/s1. The quantitative estimate of drug-likeness (QED) is 0.544. The van der Waals surface area contributed by atoms with Gasteiger partial charge >= 0.3 is 5.97 Å². The van der Waals surface area contributed by atoms with Crippen LogP contribution in [0, 0.1) is 5.92 Å². The molecule has 0 spiro atoms. The lowest BCUT2D eigenvalue weighted by Crippen LogP contribution is -2.35. The molecule has 1 N–H and O–H groups in total. The molecule has 34 heavy (non-hydrogen) atoms. The third kappa shape index (κ3) is 5.60. The van der Waals surface area contributed by atoms with Gasteiger partial charge in [-0.1, -0.05) is 13.8 Å². The molecule has 11 heteroatoms. The first-order valence-corrected chi connectivity index (χ1v) is 10.6. The highest BCUT2D eigenvalue weighted by molar-refractivity contribution is 6.61. The summed E-state index contributed by atoms with van der Waals surface area (Å²) in [5, 5.41) is 9.84. The Hall–Kier alpha value is -3.73. The van der Waals surface area contributed by atoms with Crippen LogP contribution in [0.15, 0.2) is 28.4 Å². The summed E-state index contributed by atoms with van der Waals surface area (Å²) >= 11 is 0. The van der Waals surface area contributed by atoms with Crippen LogP contribution in [0.4, 0.5) is 5.82 Å². The van der Waals surface area contributed by atoms with Crippen molar-refractivity contribution in [1.29, 1.82) is 0 Å². The molecule has 1 fully saturated rings. The number of Topliss-reactive ketones (excluding diaryl/α,β-unsaturated/α-hetero) is 2. The monoisotopic (exact) mass is 470 g/mol. The van der Waals surface area contributed by atoms with E-state index in [1.165, 1.54) is 13.4 Å². The van der Waals surface area contributed by atoms with Gasteiger partial charge in [0.1, 0.15) is 19.0 Å². The number of carboxylic acid groups (broad SMARTS) is 1. The second-order valence-electron chi connectivity index (χ2n) is 7.92. The molecule has 180 valence electrons. The Morgan fingerprint density at radius 2 is 1.76 bits per heavy atom. The third-order valence-electron chi connectivity index (χ3n) is 5.16. The number of aliphatic imine (C=N–C) groups is 2. The fourth-order valence-corrected chi connectivity index (χ4v) is 3.36. The van der Waals surface area contributed by atoms with E-state index >= 15 is 0 Å². The molecular formula is C23H26N4O7. The molecule has 3 rings (SSSR count). The Bertz CT molecular complexity index is 1170. The highest BCUT2D eigenvalue weighted by atomic mass is 16.5. The Balaban J connectivity index is 1.93. The summed E-state index contributed by atoms with van der Waals surface area (Å²) in [5.74, 6) is -1.22. The van der Waals surface area contributed by atoms with Crippen LogP contribution in [-0.2, 0) is 19.1 Å². The van der Waals surface area contributed by atoms with Crippen LogP contribution in [-0.4, -0.2) is 77.5 Å². The van der Waals surface area contributed by atoms with Gasteiger partial charge in [0.05, 0.1) is 43.5 Å². The van der Waals surface area contributed by atoms with Crippen LogP contribution in [0.1, 0.15) is 26.7 Å². The number of carbonyl (C=O) groups excluding carboxylic acids is 2. The number of carbonyl (C=O) groups is 3. The maximum Gasteiger partial charge on any atom is 0.328 e. The topological polar surface area (TPSA) is 150 Å². The number of aliphatic carboxylic acids is 1. The average molecular weight is 470 g/mol. The van der Waals surface area contributed by atoms with E-state index in [0.717, 1.165) is 0 Å². The Morgan fingerprint density at radius 1 is 1.06 bits per heavy atom. The first kappa shape index (κ1) is 24.9. The molecule has 0 bridgehead atoms. The maximum absolute atomic E-state index is 12.7. The zero-order valence-electron chi connectivity index (χ0n) is 19.4. The molecule has 1 aliphatic carbocycles. The van der Waals surface area contributed by atoms with Crippen molar-refractivity contribution in [3.63, 3.8) is 0 Å². The van der Waals surface area contributed by atoms with Crippen molar-refractivity contribution in [3.05, 3.63) is 18.5 Å². The SMILES string of the molecule is COCCOc1cc2ncnc(N=C3CC(=O)C(=N[C@H](C(=O)O)C(C)C)CC3=O)c2cc1OC. The van der Waals surface area contributed by atoms with E-state index in [0.29, 0.717) is 35.6 Å². The van der Waals surface area contributed by atoms with Gasteiger partial charge in [-0.25, -0.2) is 19.8 Å². The zero-order chi connectivity index (χ0) is 24.8. The van der Waals surface area contributed by atoms with E-state index in [1.54, 1.807) is 33.1 Å². The summed E-state index contributed by atoms with van der Waals surface area (Å²) in [6.07, 6.45) is 0.705. The summed E-state index contributed by atoms with van der Waals surface area (Å²) in [6, 6.07) is 2.23. The molecule has 0 unspecified atom stereocenters. The van der Waals surface area contributed by atoms with Gasteiger partial charge in [-0.05, 0) is 12.0 Å². The Kier molecular flexibility index (Phi) is 8.00. The smallest absolute Gasteiger partial charge is 0.328 e. The zero-order valence-corrected chi connectivity index (χ0v) is 19.4. The van der Waals surface area contributed by atoms with E-state index in [-0.39, 0.29) is 36.0 Å². The lowest BCUT2D eigenvalue weighted by Gasteiger charge is -2.17. The minimum atomic E-state index is -1.14. The predicted octanol–water partition coefficient (Wildman–Crippen LogP) is 2.22. The summed E-state index contributed by atoms with van der Waals surface area (Å²) in [6.45, 7) is 4.09. The number of nitrogens with zero attached hydrogens (tertiary/aromatic N) is 4. The summed E-state index contributed by atoms with van der Waals surface area (Å²) in [7, 11) is 3.06. The normalized spacial score (nSPS) is 17.6. The van der Waals surface area contributed by atoms with Crippen molar-refractivity contribution in [3.8, 4) is 11.5 Å². The first-order valence-electron chi connectivity index (χ1n) is 10.6. The summed E-state index contributed by atoms with van der Waals surface area (Å²) < 4.78 is 16.1. The predicted molar refractivity (Wildman–Crippen MR) is 124 cm³/mol. The highest BCUT2D eigenvalue weighted by Crippen LogP contribution is 2.35. The molecule has 0 saturated heterocycles. The van der Waals surface area contributed by atoms with Crippen molar-refractivity contribution in [2.24, 2.45) is 15.9 Å². The molecule has 0 radical (unpaired) electrons. The average Bonchev–Trinajstić information content (AvgIpc) is 2.79. The number of benzene rings is 1. The number of ketones is 2. The van der Waals surface area contributed by atoms with Gasteiger partial charge in [-0.3, -0.25) is 14.6 Å². The van der Waals surface area contributed by atoms with Crippen LogP contribution in [0.5, 0.6) is 11.5 Å². The number of carboxylic acids is 1. The van der Waals surface area contributed by atoms with E-state index in [9.17, 15) is 19.5 Å². The molecule has 1 saturated carbocycles. The summed E-state index contributed by atoms with van der Waals surface area (Å²) in [4.78, 5) is 53.6. The molecule has 1 atom stereocenters. The second kappa shape index (κ2) is 10.9. The van der Waals surface area contributed by atoms with Gasteiger partial charge in [0.25, 0.3) is 0 Å². The Morgan fingerprint density at radius 3 is 2.41 bits per heavy atom. The maximum atomic E-state index is 12.7. The second-order valence-corrected chi connectivity index (χ2v) is 7.92.